The highest BCUT2D eigenvalue weighted by Crippen LogP contribution is 2.15. The van der Waals surface area contributed by atoms with Crippen molar-refractivity contribution in [2.75, 3.05) is 0 Å². The third-order valence-electron chi connectivity index (χ3n) is 1.97. The molecule has 0 aliphatic heterocycles. The summed E-state index contributed by atoms with van der Waals surface area (Å²) < 4.78 is 0. The molecule has 1 amide bonds. The quantitative estimate of drug-likeness (QED) is 0.649. The van der Waals surface area contributed by atoms with E-state index in [1.165, 1.54) is 6.92 Å². The van der Waals surface area contributed by atoms with Gasteiger partial charge in [0.2, 0.25) is 5.91 Å². The molecule has 1 unspecified atom stereocenters. The van der Waals surface area contributed by atoms with E-state index in [2.05, 4.69) is 25.7 Å². The van der Waals surface area contributed by atoms with E-state index in [0.717, 1.165) is 6.42 Å². The highest BCUT2D eigenvalue weighted by Gasteiger charge is 2.05. The first-order valence-electron chi connectivity index (χ1n) is 4.62. The number of amides is 1. The fourth-order valence-electron chi connectivity index (χ4n) is 1.04. The molecular formula is C11H19NO. The van der Waals surface area contributed by atoms with Gasteiger partial charge in [-0.05, 0) is 24.5 Å². The van der Waals surface area contributed by atoms with E-state index < -0.39 is 0 Å². The van der Waals surface area contributed by atoms with Gasteiger partial charge < -0.3 is 5.32 Å². The minimum atomic E-state index is -0.0315. The van der Waals surface area contributed by atoms with Crippen LogP contribution >= 0.6 is 0 Å². The average Bonchev–Trinajstić information content (AvgIpc) is 2.03. The van der Waals surface area contributed by atoms with Gasteiger partial charge in [-0.1, -0.05) is 26.0 Å². The predicted molar refractivity (Wildman–Crippen MR) is 56.1 cm³/mol. The predicted octanol–water partition coefficient (Wildman–Crippen LogP) is 2.48. The molecule has 0 fully saturated rings. The summed E-state index contributed by atoms with van der Waals surface area (Å²) in [7, 11) is 0. The Morgan fingerprint density at radius 1 is 1.54 bits per heavy atom. The van der Waals surface area contributed by atoms with E-state index in [0.29, 0.717) is 11.8 Å². The number of nitrogens with one attached hydrogen (secondary N) is 1. The lowest BCUT2D eigenvalue weighted by molar-refractivity contribution is -0.118. The number of allylic oxidation sites excluding steroid dienone is 2. The maximum atomic E-state index is 10.5. The molecule has 0 aromatic rings. The molecule has 0 rings (SSSR count). The first kappa shape index (κ1) is 11.9. The van der Waals surface area contributed by atoms with Gasteiger partial charge in [0.1, 0.15) is 0 Å². The van der Waals surface area contributed by atoms with Crippen LogP contribution in [0, 0.1) is 11.8 Å². The molecule has 0 aliphatic rings. The topological polar surface area (TPSA) is 29.1 Å². The van der Waals surface area contributed by atoms with Crippen LogP contribution in [0.3, 0.4) is 0 Å². The van der Waals surface area contributed by atoms with E-state index in [1.807, 2.05) is 12.2 Å². The molecule has 0 saturated carbocycles. The minimum Gasteiger partial charge on any atom is -0.333 e. The fraction of sp³-hybridized carbons (Fsp3) is 0.545. The molecule has 0 bridgehead atoms. The van der Waals surface area contributed by atoms with Crippen LogP contribution in [-0.2, 0) is 4.79 Å². The Kier molecular flexibility index (Phi) is 5.94. The van der Waals surface area contributed by atoms with Gasteiger partial charge in [0, 0.05) is 6.92 Å². The summed E-state index contributed by atoms with van der Waals surface area (Å²) in [5.41, 5.74) is 0. The second kappa shape index (κ2) is 6.46. The number of hydrogen-bond acceptors (Lipinski definition) is 1. The maximum absolute atomic E-state index is 10.5. The highest BCUT2D eigenvalue weighted by molar-refractivity contribution is 5.73. The summed E-state index contributed by atoms with van der Waals surface area (Å²) in [5, 5.41) is 2.61. The van der Waals surface area contributed by atoms with Gasteiger partial charge in [0.25, 0.3) is 0 Å². The van der Waals surface area contributed by atoms with Crippen molar-refractivity contribution < 1.29 is 4.79 Å². The highest BCUT2D eigenvalue weighted by atomic mass is 16.1. The van der Waals surface area contributed by atoms with Crippen LogP contribution in [0.2, 0.25) is 0 Å². The Morgan fingerprint density at radius 2 is 2.15 bits per heavy atom. The smallest absolute Gasteiger partial charge is 0.220 e. The van der Waals surface area contributed by atoms with E-state index in [-0.39, 0.29) is 5.91 Å². The summed E-state index contributed by atoms with van der Waals surface area (Å²) in [6.07, 6.45) is 6.55. The Bertz CT molecular complexity index is 194. The van der Waals surface area contributed by atoms with Gasteiger partial charge in [0.05, 0.1) is 0 Å². The van der Waals surface area contributed by atoms with Crippen molar-refractivity contribution in [2.24, 2.45) is 11.8 Å². The van der Waals surface area contributed by atoms with Crippen molar-refractivity contribution in [2.45, 2.75) is 27.2 Å². The molecule has 74 valence electrons. The number of carbonyl (C=O) groups is 1. The Balaban J connectivity index is 3.77. The van der Waals surface area contributed by atoms with Crippen LogP contribution in [0.25, 0.3) is 0 Å². The summed E-state index contributed by atoms with van der Waals surface area (Å²) in [6.45, 7) is 9.60. The maximum Gasteiger partial charge on any atom is 0.220 e. The lowest BCUT2D eigenvalue weighted by atomic mass is 9.93. The molecule has 1 N–H and O–H groups in total. The van der Waals surface area contributed by atoms with E-state index in [4.69, 9.17) is 0 Å². The van der Waals surface area contributed by atoms with Gasteiger partial charge in [-0.25, -0.2) is 0 Å². The van der Waals surface area contributed by atoms with E-state index >= 15 is 0 Å². The molecule has 0 saturated heterocycles. The van der Waals surface area contributed by atoms with Crippen LogP contribution in [0.1, 0.15) is 27.2 Å². The zero-order valence-corrected chi connectivity index (χ0v) is 8.71. The average molecular weight is 181 g/mol. The van der Waals surface area contributed by atoms with Crippen molar-refractivity contribution in [1.29, 1.82) is 0 Å². The molecule has 0 aliphatic carbocycles. The largest absolute Gasteiger partial charge is 0.333 e. The van der Waals surface area contributed by atoms with Crippen LogP contribution < -0.4 is 5.32 Å². The number of carbonyl (C=O) groups excluding carboxylic acids is 1. The zero-order chi connectivity index (χ0) is 10.3. The van der Waals surface area contributed by atoms with Gasteiger partial charge in [0.15, 0.2) is 0 Å². The zero-order valence-electron chi connectivity index (χ0n) is 8.71. The van der Waals surface area contributed by atoms with Gasteiger partial charge in [-0.3, -0.25) is 4.79 Å². The molecule has 0 radical (unpaired) electrons. The van der Waals surface area contributed by atoms with Crippen LogP contribution in [0.4, 0.5) is 0 Å². The molecular weight excluding hydrogens is 162 g/mol. The minimum absolute atomic E-state index is 0.0315. The van der Waals surface area contributed by atoms with Gasteiger partial charge >= 0.3 is 0 Å². The third-order valence-corrected chi connectivity index (χ3v) is 1.97. The molecule has 0 heterocycles. The van der Waals surface area contributed by atoms with Crippen LogP contribution in [0.15, 0.2) is 24.9 Å². The van der Waals surface area contributed by atoms with Gasteiger partial charge in [-0.15, -0.1) is 6.58 Å². The summed E-state index contributed by atoms with van der Waals surface area (Å²) >= 11 is 0. The number of rotatable bonds is 5. The summed E-state index contributed by atoms with van der Waals surface area (Å²) in [6, 6.07) is 0. The fourth-order valence-corrected chi connectivity index (χ4v) is 1.04. The third kappa shape index (κ3) is 6.14. The van der Waals surface area contributed by atoms with Crippen LogP contribution in [-0.4, -0.2) is 5.91 Å². The first-order chi connectivity index (χ1) is 6.07. The van der Waals surface area contributed by atoms with E-state index in [9.17, 15) is 4.79 Å². The van der Waals surface area contributed by atoms with Crippen LogP contribution in [0.5, 0.6) is 0 Å². The Hall–Kier alpha value is -1.05. The standard InChI is InChI=1S/C11H19NO/c1-5-11(9(2)3)7-6-8-12-10(4)13/h5-6,8-9,11H,1,7H2,2-4H3,(H,12,13)/b8-6+. The van der Waals surface area contributed by atoms with E-state index in [1.54, 1.807) is 6.20 Å². The lowest BCUT2D eigenvalue weighted by Gasteiger charge is -2.13. The lowest BCUT2D eigenvalue weighted by Crippen LogP contribution is -2.12. The number of hydrogen-bond donors (Lipinski definition) is 1. The molecule has 1 atom stereocenters. The Labute approximate surface area is 80.7 Å². The van der Waals surface area contributed by atoms with Crippen molar-refractivity contribution in [3.05, 3.63) is 24.9 Å². The molecule has 2 heteroatoms. The van der Waals surface area contributed by atoms with Crippen molar-refractivity contribution >= 4 is 5.91 Å². The van der Waals surface area contributed by atoms with Crippen molar-refractivity contribution in [3.63, 3.8) is 0 Å². The summed E-state index contributed by atoms with van der Waals surface area (Å²) in [5.74, 6) is 1.06. The normalized spacial score (nSPS) is 13.2. The second-order valence-electron chi connectivity index (χ2n) is 3.48. The molecule has 0 aromatic heterocycles. The van der Waals surface area contributed by atoms with Gasteiger partial charge in [-0.2, -0.15) is 0 Å². The molecule has 0 spiro atoms. The SMILES string of the molecule is C=CC(C/C=C/NC(C)=O)C(C)C. The monoisotopic (exact) mass is 181 g/mol. The molecule has 2 nitrogen and oxygen atoms in total. The van der Waals surface area contributed by atoms with Crippen molar-refractivity contribution in [3.8, 4) is 0 Å². The summed E-state index contributed by atoms with van der Waals surface area (Å²) in [4.78, 5) is 10.5. The second-order valence-corrected chi connectivity index (χ2v) is 3.48. The Morgan fingerprint density at radius 3 is 2.54 bits per heavy atom. The molecule has 13 heavy (non-hydrogen) atoms. The van der Waals surface area contributed by atoms with Crippen molar-refractivity contribution in [1.82, 2.24) is 5.32 Å². The molecule has 0 aromatic carbocycles. The first-order valence-corrected chi connectivity index (χ1v) is 4.62.